The van der Waals surface area contributed by atoms with Crippen molar-refractivity contribution in [2.24, 2.45) is 4.99 Å². The molecule has 2 aromatic rings. The topological polar surface area (TPSA) is 35.8 Å². The second kappa shape index (κ2) is 7.63. The number of rotatable bonds is 5. The Morgan fingerprint density at radius 3 is 2.45 bits per heavy atom. The molecule has 0 aliphatic heterocycles. The Morgan fingerprint density at radius 2 is 1.86 bits per heavy atom. The number of phenolic OH excluding ortho intramolecular Hbond substituents is 1. The van der Waals surface area contributed by atoms with Crippen molar-refractivity contribution in [2.75, 3.05) is 18.0 Å². The van der Waals surface area contributed by atoms with Crippen LogP contribution in [0.15, 0.2) is 41.4 Å². The summed E-state index contributed by atoms with van der Waals surface area (Å²) in [5.41, 5.74) is 3.86. The van der Waals surface area contributed by atoms with E-state index >= 15 is 0 Å². The summed E-state index contributed by atoms with van der Waals surface area (Å²) in [6.07, 6.45) is 1.71. The summed E-state index contributed by atoms with van der Waals surface area (Å²) in [7, 11) is 0. The average molecular weight is 408 g/mol. The predicted octanol–water partition coefficient (Wildman–Crippen LogP) is 4.90. The SMILES string of the molecule is CCN(CC)c1ccc(C=Nc2ccc(I)c(C)c2)c(O)c1. The third-order valence-corrected chi connectivity index (χ3v) is 4.85. The van der Waals surface area contributed by atoms with E-state index in [4.69, 9.17) is 0 Å². The summed E-state index contributed by atoms with van der Waals surface area (Å²) in [6.45, 7) is 8.12. The normalized spacial score (nSPS) is 11.1. The zero-order chi connectivity index (χ0) is 16.1. The van der Waals surface area contributed by atoms with Gasteiger partial charge in [-0.1, -0.05) is 0 Å². The summed E-state index contributed by atoms with van der Waals surface area (Å²) in [4.78, 5) is 6.65. The summed E-state index contributed by atoms with van der Waals surface area (Å²) < 4.78 is 1.22. The Labute approximate surface area is 145 Å². The van der Waals surface area contributed by atoms with Crippen LogP contribution in [0, 0.1) is 10.5 Å². The number of hydrogen-bond donors (Lipinski definition) is 1. The molecule has 116 valence electrons. The van der Waals surface area contributed by atoms with Gasteiger partial charge in [0.1, 0.15) is 5.75 Å². The zero-order valence-corrected chi connectivity index (χ0v) is 15.3. The van der Waals surface area contributed by atoms with E-state index in [0.717, 1.165) is 30.0 Å². The van der Waals surface area contributed by atoms with Crippen molar-refractivity contribution in [3.8, 4) is 5.75 Å². The number of aromatic hydroxyl groups is 1. The Balaban J connectivity index is 2.22. The highest BCUT2D eigenvalue weighted by Gasteiger charge is 2.05. The van der Waals surface area contributed by atoms with Crippen LogP contribution in [-0.4, -0.2) is 24.4 Å². The lowest BCUT2D eigenvalue weighted by Gasteiger charge is -2.21. The number of benzene rings is 2. The minimum absolute atomic E-state index is 0.260. The Hall–Kier alpha value is -1.56. The van der Waals surface area contributed by atoms with Gasteiger partial charge in [-0.15, -0.1) is 0 Å². The summed E-state index contributed by atoms with van der Waals surface area (Å²) >= 11 is 2.31. The largest absolute Gasteiger partial charge is 0.507 e. The maximum atomic E-state index is 10.2. The monoisotopic (exact) mass is 408 g/mol. The first-order valence-electron chi connectivity index (χ1n) is 7.43. The van der Waals surface area contributed by atoms with Crippen molar-refractivity contribution in [3.05, 3.63) is 51.1 Å². The molecule has 2 aromatic carbocycles. The van der Waals surface area contributed by atoms with Crippen molar-refractivity contribution < 1.29 is 5.11 Å². The highest BCUT2D eigenvalue weighted by Crippen LogP contribution is 2.25. The van der Waals surface area contributed by atoms with Crippen LogP contribution in [0.1, 0.15) is 25.0 Å². The highest BCUT2D eigenvalue weighted by molar-refractivity contribution is 14.1. The van der Waals surface area contributed by atoms with E-state index in [0.29, 0.717) is 0 Å². The molecule has 3 nitrogen and oxygen atoms in total. The lowest BCUT2D eigenvalue weighted by Crippen LogP contribution is -2.21. The van der Waals surface area contributed by atoms with Crippen molar-refractivity contribution in [1.82, 2.24) is 0 Å². The van der Waals surface area contributed by atoms with Crippen LogP contribution in [-0.2, 0) is 0 Å². The van der Waals surface area contributed by atoms with E-state index in [9.17, 15) is 5.11 Å². The molecule has 0 atom stereocenters. The van der Waals surface area contributed by atoms with E-state index in [1.807, 2.05) is 30.3 Å². The Kier molecular flexibility index (Phi) is 5.83. The second-order valence-corrected chi connectivity index (χ2v) is 6.27. The molecule has 22 heavy (non-hydrogen) atoms. The number of aliphatic imine (C=N–C) groups is 1. The van der Waals surface area contributed by atoms with Crippen LogP contribution in [0.5, 0.6) is 5.75 Å². The molecule has 0 saturated heterocycles. The van der Waals surface area contributed by atoms with E-state index in [1.165, 1.54) is 9.13 Å². The van der Waals surface area contributed by atoms with Gasteiger partial charge in [0, 0.05) is 40.2 Å². The van der Waals surface area contributed by atoms with Crippen LogP contribution < -0.4 is 4.90 Å². The van der Waals surface area contributed by atoms with Crippen molar-refractivity contribution >= 4 is 40.2 Å². The van der Waals surface area contributed by atoms with Gasteiger partial charge in [0.05, 0.1) is 5.69 Å². The molecule has 0 radical (unpaired) electrons. The fourth-order valence-electron chi connectivity index (χ4n) is 2.28. The molecule has 0 aliphatic carbocycles. The number of hydrogen-bond acceptors (Lipinski definition) is 3. The van der Waals surface area contributed by atoms with Gasteiger partial charge in [-0.05, 0) is 79.3 Å². The molecule has 1 N–H and O–H groups in total. The molecule has 4 heteroatoms. The van der Waals surface area contributed by atoms with Crippen LogP contribution in [0.2, 0.25) is 0 Å². The first kappa shape index (κ1) is 16.8. The van der Waals surface area contributed by atoms with Crippen molar-refractivity contribution in [2.45, 2.75) is 20.8 Å². The first-order chi connectivity index (χ1) is 10.5. The van der Waals surface area contributed by atoms with Crippen molar-refractivity contribution in [3.63, 3.8) is 0 Å². The van der Waals surface area contributed by atoms with E-state index in [-0.39, 0.29) is 5.75 Å². The Bertz CT molecular complexity index is 679. The van der Waals surface area contributed by atoms with Gasteiger partial charge in [-0.2, -0.15) is 0 Å². The smallest absolute Gasteiger partial charge is 0.126 e. The molecule has 0 aromatic heterocycles. The molecular formula is C18H21IN2O. The molecule has 0 bridgehead atoms. The van der Waals surface area contributed by atoms with E-state index < -0.39 is 0 Å². The van der Waals surface area contributed by atoms with Crippen LogP contribution >= 0.6 is 22.6 Å². The number of aryl methyl sites for hydroxylation is 1. The first-order valence-corrected chi connectivity index (χ1v) is 8.51. The molecule has 0 saturated carbocycles. The van der Waals surface area contributed by atoms with Gasteiger partial charge < -0.3 is 10.0 Å². The third-order valence-electron chi connectivity index (χ3n) is 3.64. The number of halogens is 1. The van der Waals surface area contributed by atoms with Gasteiger partial charge in [0.15, 0.2) is 0 Å². The quantitative estimate of drug-likeness (QED) is 0.564. The average Bonchev–Trinajstić information content (AvgIpc) is 2.51. The zero-order valence-electron chi connectivity index (χ0n) is 13.2. The van der Waals surface area contributed by atoms with Crippen LogP contribution in [0.25, 0.3) is 0 Å². The minimum atomic E-state index is 0.260. The molecule has 0 spiro atoms. The minimum Gasteiger partial charge on any atom is -0.507 e. The number of nitrogens with zero attached hydrogens (tertiary/aromatic N) is 2. The Morgan fingerprint density at radius 1 is 1.14 bits per heavy atom. The third kappa shape index (κ3) is 4.00. The molecule has 2 rings (SSSR count). The molecule has 0 unspecified atom stereocenters. The maximum Gasteiger partial charge on any atom is 0.126 e. The van der Waals surface area contributed by atoms with Gasteiger partial charge >= 0.3 is 0 Å². The lowest BCUT2D eigenvalue weighted by molar-refractivity contribution is 0.474. The fraction of sp³-hybridized carbons (Fsp3) is 0.278. The maximum absolute atomic E-state index is 10.2. The second-order valence-electron chi connectivity index (χ2n) is 5.11. The highest BCUT2D eigenvalue weighted by atomic mass is 127. The van der Waals surface area contributed by atoms with Crippen LogP contribution in [0.3, 0.4) is 0 Å². The van der Waals surface area contributed by atoms with E-state index in [1.54, 1.807) is 12.3 Å². The van der Waals surface area contributed by atoms with Gasteiger partial charge in [-0.25, -0.2) is 0 Å². The predicted molar refractivity (Wildman–Crippen MR) is 103 cm³/mol. The number of phenols is 1. The fourth-order valence-corrected chi connectivity index (χ4v) is 2.62. The molecular weight excluding hydrogens is 387 g/mol. The molecule has 0 fully saturated rings. The summed E-state index contributed by atoms with van der Waals surface area (Å²) in [5, 5.41) is 10.2. The molecule has 0 amide bonds. The van der Waals surface area contributed by atoms with E-state index in [2.05, 4.69) is 53.3 Å². The summed E-state index contributed by atoms with van der Waals surface area (Å²) in [6, 6.07) is 11.8. The van der Waals surface area contributed by atoms with Gasteiger partial charge in [-0.3, -0.25) is 4.99 Å². The lowest BCUT2D eigenvalue weighted by atomic mass is 10.1. The van der Waals surface area contributed by atoms with Gasteiger partial charge in [0.2, 0.25) is 0 Å². The van der Waals surface area contributed by atoms with Crippen molar-refractivity contribution in [1.29, 1.82) is 0 Å². The van der Waals surface area contributed by atoms with Crippen LogP contribution in [0.4, 0.5) is 11.4 Å². The number of anilines is 1. The molecule has 0 aliphatic rings. The standard InChI is InChI=1S/C18H21IN2O/c1-4-21(5-2)16-8-6-14(18(22)11-16)12-20-15-7-9-17(19)13(3)10-15/h6-12,22H,4-5H2,1-3H3. The van der Waals surface area contributed by atoms with Gasteiger partial charge in [0.25, 0.3) is 0 Å². The summed E-state index contributed by atoms with van der Waals surface area (Å²) in [5.74, 6) is 0.260. The molecule has 0 heterocycles.